The average molecular weight is 323 g/mol. The van der Waals surface area contributed by atoms with Crippen LogP contribution < -0.4 is 5.32 Å². The van der Waals surface area contributed by atoms with Gasteiger partial charge in [-0.2, -0.15) is 0 Å². The standard InChI is InChI=1S/C13H25NO4S2/c1-3-13(4-2,10-15)9-14-12(16)7-19-11-5-6-20(17,18)8-11/h11,15H,3-10H2,1-2H3,(H,14,16). The molecule has 1 unspecified atom stereocenters. The first-order valence-electron chi connectivity index (χ1n) is 7.06. The molecule has 0 aromatic rings. The van der Waals surface area contributed by atoms with Crippen molar-refractivity contribution in [3.63, 3.8) is 0 Å². The quantitative estimate of drug-likeness (QED) is 0.691. The van der Waals surface area contributed by atoms with E-state index in [2.05, 4.69) is 5.32 Å². The molecule has 0 aromatic heterocycles. The van der Waals surface area contributed by atoms with Crippen molar-refractivity contribution in [1.82, 2.24) is 5.32 Å². The summed E-state index contributed by atoms with van der Waals surface area (Å²) in [6.45, 7) is 4.54. The van der Waals surface area contributed by atoms with Gasteiger partial charge in [0.2, 0.25) is 5.91 Å². The van der Waals surface area contributed by atoms with Gasteiger partial charge in [0.25, 0.3) is 0 Å². The van der Waals surface area contributed by atoms with E-state index >= 15 is 0 Å². The fourth-order valence-corrected chi connectivity index (χ4v) is 5.68. The van der Waals surface area contributed by atoms with Gasteiger partial charge in [0.05, 0.1) is 23.9 Å². The minimum absolute atomic E-state index is 0.0469. The summed E-state index contributed by atoms with van der Waals surface area (Å²) in [5.41, 5.74) is -0.239. The number of nitrogens with one attached hydrogen (secondary N) is 1. The van der Waals surface area contributed by atoms with E-state index in [4.69, 9.17) is 0 Å². The van der Waals surface area contributed by atoms with Gasteiger partial charge in [0.1, 0.15) is 0 Å². The van der Waals surface area contributed by atoms with Crippen molar-refractivity contribution in [3.8, 4) is 0 Å². The number of hydrogen-bond donors (Lipinski definition) is 2. The molecule has 1 fully saturated rings. The molecule has 1 amide bonds. The number of aliphatic hydroxyl groups excluding tert-OH is 1. The molecule has 2 N–H and O–H groups in total. The van der Waals surface area contributed by atoms with Crippen molar-refractivity contribution < 1.29 is 18.3 Å². The van der Waals surface area contributed by atoms with Gasteiger partial charge in [0.15, 0.2) is 9.84 Å². The van der Waals surface area contributed by atoms with Gasteiger partial charge in [-0.3, -0.25) is 4.79 Å². The number of carbonyl (C=O) groups excluding carboxylic acids is 1. The van der Waals surface area contributed by atoms with E-state index in [1.165, 1.54) is 11.8 Å². The van der Waals surface area contributed by atoms with E-state index < -0.39 is 9.84 Å². The summed E-state index contributed by atoms with van der Waals surface area (Å²) in [6, 6.07) is 0. The lowest BCUT2D eigenvalue weighted by Gasteiger charge is -2.29. The highest BCUT2D eigenvalue weighted by Gasteiger charge is 2.29. The summed E-state index contributed by atoms with van der Waals surface area (Å²) in [7, 11) is -2.88. The smallest absolute Gasteiger partial charge is 0.230 e. The fraction of sp³-hybridized carbons (Fsp3) is 0.923. The molecule has 0 aromatic carbocycles. The average Bonchev–Trinajstić information content (AvgIpc) is 2.78. The van der Waals surface area contributed by atoms with Gasteiger partial charge in [0, 0.05) is 17.2 Å². The summed E-state index contributed by atoms with van der Waals surface area (Å²) >= 11 is 1.41. The van der Waals surface area contributed by atoms with Crippen LogP contribution in [0.15, 0.2) is 0 Å². The lowest BCUT2D eigenvalue weighted by Crippen LogP contribution is -2.40. The van der Waals surface area contributed by atoms with Gasteiger partial charge < -0.3 is 10.4 Å². The number of hydrogen-bond acceptors (Lipinski definition) is 5. The van der Waals surface area contributed by atoms with Gasteiger partial charge in [-0.05, 0) is 19.3 Å². The Hall–Kier alpha value is -0.270. The summed E-state index contributed by atoms with van der Waals surface area (Å²) < 4.78 is 22.6. The van der Waals surface area contributed by atoms with E-state index in [-0.39, 0.29) is 40.4 Å². The highest BCUT2D eigenvalue weighted by Crippen LogP contribution is 2.25. The van der Waals surface area contributed by atoms with Crippen LogP contribution in [0.25, 0.3) is 0 Å². The molecule has 0 radical (unpaired) electrons. The lowest BCUT2D eigenvalue weighted by molar-refractivity contribution is -0.119. The second-order valence-electron chi connectivity index (χ2n) is 5.48. The topological polar surface area (TPSA) is 83.5 Å². The van der Waals surface area contributed by atoms with Crippen LogP contribution in [0.1, 0.15) is 33.1 Å². The number of rotatable bonds is 8. The largest absolute Gasteiger partial charge is 0.396 e. The van der Waals surface area contributed by atoms with Crippen LogP contribution in [0.2, 0.25) is 0 Å². The van der Waals surface area contributed by atoms with Crippen molar-refractivity contribution in [2.24, 2.45) is 5.41 Å². The summed E-state index contributed by atoms with van der Waals surface area (Å²) in [6.07, 6.45) is 2.27. The monoisotopic (exact) mass is 323 g/mol. The molecule has 1 atom stereocenters. The number of amides is 1. The Morgan fingerprint density at radius 1 is 1.40 bits per heavy atom. The zero-order valence-corrected chi connectivity index (χ0v) is 13.9. The Labute approximate surface area is 125 Å². The molecule has 7 heteroatoms. The maximum atomic E-state index is 11.8. The first-order chi connectivity index (χ1) is 9.36. The van der Waals surface area contributed by atoms with Gasteiger partial charge in [-0.25, -0.2) is 8.42 Å². The third-order valence-corrected chi connectivity index (χ3v) is 7.42. The van der Waals surface area contributed by atoms with E-state index in [1.807, 2.05) is 13.8 Å². The minimum Gasteiger partial charge on any atom is -0.396 e. The van der Waals surface area contributed by atoms with Crippen molar-refractivity contribution in [3.05, 3.63) is 0 Å². The second kappa shape index (κ2) is 7.66. The lowest BCUT2D eigenvalue weighted by atomic mass is 9.83. The molecule has 1 heterocycles. The molecule has 20 heavy (non-hydrogen) atoms. The van der Waals surface area contributed by atoms with Gasteiger partial charge in [-0.15, -0.1) is 11.8 Å². The number of sulfone groups is 1. The molecule has 1 aliphatic rings. The predicted molar refractivity (Wildman–Crippen MR) is 82.6 cm³/mol. The molecule has 0 bridgehead atoms. The first-order valence-corrected chi connectivity index (χ1v) is 9.93. The molecule has 1 aliphatic heterocycles. The zero-order chi connectivity index (χ0) is 15.2. The molecule has 1 saturated heterocycles. The van der Waals surface area contributed by atoms with Crippen molar-refractivity contribution in [2.75, 3.05) is 30.4 Å². The Bertz CT molecular complexity index is 410. The molecule has 5 nitrogen and oxygen atoms in total. The van der Waals surface area contributed by atoms with Crippen LogP contribution in [-0.2, 0) is 14.6 Å². The van der Waals surface area contributed by atoms with Gasteiger partial charge >= 0.3 is 0 Å². The maximum Gasteiger partial charge on any atom is 0.230 e. The van der Waals surface area contributed by atoms with E-state index in [1.54, 1.807) is 0 Å². The van der Waals surface area contributed by atoms with Crippen LogP contribution in [0.5, 0.6) is 0 Å². The van der Waals surface area contributed by atoms with Crippen LogP contribution in [0.3, 0.4) is 0 Å². The second-order valence-corrected chi connectivity index (χ2v) is 9.00. The molecular weight excluding hydrogens is 298 g/mol. The number of aliphatic hydroxyl groups is 1. The molecule has 0 aliphatic carbocycles. The number of thioether (sulfide) groups is 1. The van der Waals surface area contributed by atoms with Crippen LogP contribution in [-0.4, -0.2) is 55.1 Å². The fourth-order valence-electron chi connectivity index (χ4n) is 2.20. The van der Waals surface area contributed by atoms with Crippen LogP contribution in [0.4, 0.5) is 0 Å². The normalized spacial score (nSPS) is 21.9. The molecule has 0 spiro atoms. The Kier molecular flexibility index (Phi) is 6.81. The summed E-state index contributed by atoms with van der Waals surface area (Å²) in [5, 5.41) is 12.3. The third kappa shape index (κ3) is 5.26. The van der Waals surface area contributed by atoms with Crippen molar-refractivity contribution >= 4 is 27.5 Å². The van der Waals surface area contributed by atoms with E-state index in [0.717, 1.165) is 12.8 Å². The third-order valence-electron chi connectivity index (χ3n) is 4.14. The van der Waals surface area contributed by atoms with E-state index in [0.29, 0.717) is 13.0 Å². The Morgan fingerprint density at radius 2 is 2.05 bits per heavy atom. The minimum atomic E-state index is -2.88. The zero-order valence-electron chi connectivity index (χ0n) is 12.2. The van der Waals surface area contributed by atoms with Crippen molar-refractivity contribution in [2.45, 2.75) is 38.4 Å². The molecular formula is C13H25NO4S2. The summed E-state index contributed by atoms with van der Waals surface area (Å²) in [4.78, 5) is 11.8. The number of carbonyl (C=O) groups is 1. The van der Waals surface area contributed by atoms with E-state index in [9.17, 15) is 18.3 Å². The SMILES string of the molecule is CCC(CC)(CO)CNC(=O)CSC1CCS(=O)(=O)C1. The predicted octanol–water partition coefficient (Wildman–Crippen LogP) is 0.822. The highest BCUT2D eigenvalue weighted by atomic mass is 32.2. The first kappa shape index (κ1) is 17.8. The molecule has 1 rings (SSSR count). The van der Waals surface area contributed by atoms with Gasteiger partial charge in [-0.1, -0.05) is 13.8 Å². The maximum absolute atomic E-state index is 11.8. The molecule has 0 saturated carbocycles. The Balaban J connectivity index is 2.30. The van der Waals surface area contributed by atoms with Crippen LogP contribution >= 0.6 is 11.8 Å². The summed E-state index contributed by atoms with van der Waals surface area (Å²) in [5.74, 6) is 0.634. The van der Waals surface area contributed by atoms with Crippen molar-refractivity contribution in [1.29, 1.82) is 0 Å². The Morgan fingerprint density at radius 3 is 2.50 bits per heavy atom. The highest BCUT2D eigenvalue weighted by molar-refractivity contribution is 8.02. The van der Waals surface area contributed by atoms with Crippen LogP contribution in [0, 0.1) is 5.41 Å². The molecule has 118 valence electrons.